The number of nitrogens with zero attached hydrogens (tertiary/aromatic N) is 1. The van der Waals surface area contributed by atoms with Crippen molar-refractivity contribution < 1.29 is 9.47 Å². The Hall–Kier alpha value is -5.80. The van der Waals surface area contributed by atoms with Gasteiger partial charge in [0.05, 0.1) is 36.2 Å². The van der Waals surface area contributed by atoms with Gasteiger partial charge in [-0.1, -0.05) is 87.5 Å². The van der Waals surface area contributed by atoms with Crippen LogP contribution in [-0.2, 0) is 10.8 Å². The molecule has 0 fully saturated rings. The first kappa shape index (κ1) is 29.1. The number of hydrogen-bond acceptors (Lipinski definition) is 2. The molecule has 0 saturated heterocycles. The maximum atomic E-state index is 5.86. The lowest BCUT2D eigenvalue weighted by molar-refractivity contribution is 0.414. The van der Waals surface area contributed by atoms with Gasteiger partial charge in [-0.15, -0.1) is 0 Å². The monoisotopic (exact) mass is 647 g/mol. The van der Waals surface area contributed by atoms with Crippen molar-refractivity contribution >= 4 is 48.9 Å². The zero-order valence-electron chi connectivity index (χ0n) is 29.0. The van der Waals surface area contributed by atoms with Gasteiger partial charge < -0.3 is 13.9 Å². The Morgan fingerprint density at radius 3 is 1.74 bits per heavy atom. The Morgan fingerprint density at radius 2 is 1.08 bits per heavy atom. The van der Waals surface area contributed by atoms with Crippen LogP contribution in [0.5, 0.6) is 11.5 Å². The van der Waals surface area contributed by atoms with E-state index in [2.05, 4.69) is 159 Å². The molecule has 2 aromatic heterocycles. The molecular formula is C47H37NO2. The van der Waals surface area contributed by atoms with Crippen molar-refractivity contribution in [2.24, 2.45) is 0 Å². The van der Waals surface area contributed by atoms with E-state index in [4.69, 9.17) is 9.47 Å². The Labute approximate surface area is 291 Å². The SMILES string of the molecule is COc1ccc2c(c1)C(c1ccccc1)(c1ccccc1)c1cc3cc4c(cc3cc1-2)c1cc(C(C)(C)C)cc2c3ccc(OC)cc3n4c21. The van der Waals surface area contributed by atoms with Crippen LogP contribution in [0.25, 0.3) is 60.0 Å². The number of aromatic nitrogens is 1. The van der Waals surface area contributed by atoms with Crippen molar-refractivity contribution in [2.45, 2.75) is 31.6 Å². The lowest BCUT2D eigenvalue weighted by Crippen LogP contribution is -2.28. The minimum Gasteiger partial charge on any atom is -0.497 e. The van der Waals surface area contributed by atoms with Crippen LogP contribution in [0.1, 0.15) is 48.6 Å². The van der Waals surface area contributed by atoms with E-state index in [1.54, 1.807) is 14.2 Å². The zero-order valence-corrected chi connectivity index (χ0v) is 29.0. The fourth-order valence-electron chi connectivity index (χ4n) is 8.92. The van der Waals surface area contributed by atoms with Crippen LogP contribution < -0.4 is 9.47 Å². The van der Waals surface area contributed by atoms with Gasteiger partial charge in [0.1, 0.15) is 11.5 Å². The van der Waals surface area contributed by atoms with E-state index >= 15 is 0 Å². The summed E-state index contributed by atoms with van der Waals surface area (Å²) < 4.78 is 14.1. The number of fused-ring (bicyclic) bond motifs is 10. The molecule has 242 valence electrons. The summed E-state index contributed by atoms with van der Waals surface area (Å²) in [7, 11) is 3.51. The summed E-state index contributed by atoms with van der Waals surface area (Å²) in [5.74, 6) is 1.73. The molecule has 3 nitrogen and oxygen atoms in total. The molecule has 50 heavy (non-hydrogen) atoms. The van der Waals surface area contributed by atoms with Crippen molar-refractivity contribution in [3.8, 4) is 22.6 Å². The maximum Gasteiger partial charge on any atom is 0.120 e. The average Bonchev–Trinajstić information content (AvgIpc) is 3.75. The molecule has 10 rings (SSSR count). The van der Waals surface area contributed by atoms with Crippen molar-refractivity contribution in [3.05, 3.63) is 161 Å². The lowest BCUT2D eigenvalue weighted by Gasteiger charge is -2.34. The van der Waals surface area contributed by atoms with Crippen molar-refractivity contribution in [3.63, 3.8) is 0 Å². The highest BCUT2D eigenvalue weighted by atomic mass is 16.5. The van der Waals surface area contributed by atoms with Gasteiger partial charge in [0.25, 0.3) is 0 Å². The molecule has 0 unspecified atom stereocenters. The first-order valence-corrected chi connectivity index (χ1v) is 17.4. The Kier molecular flexibility index (Phi) is 5.90. The summed E-state index contributed by atoms with van der Waals surface area (Å²) in [4.78, 5) is 0. The summed E-state index contributed by atoms with van der Waals surface area (Å²) >= 11 is 0. The van der Waals surface area contributed by atoms with Gasteiger partial charge in [-0.25, -0.2) is 0 Å². The van der Waals surface area contributed by atoms with Crippen LogP contribution in [0.4, 0.5) is 0 Å². The van der Waals surface area contributed by atoms with E-state index in [9.17, 15) is 0 Å². The molecule has 3 heteroatoms. The molecule has 7 aromatic carbocycles. The van der Waals surface area contributed by atoms with Crippen LogP contribution in [-0.4, -0.2) is 18.6 Å². The predicted molar refractivity (Wildman–Crippen MR) is 208 cm³/mol. The van der Waals surface area contributed by atoms with E-state index in [0.717, 1.165) is 11.5 Å². The Bertz CT molecular complexity index is 2760. The van der Waals surface area contributed by atoms with E-state index in [0.29, 0.717) is 0 Å². The molecule has 1 aliphatic rings. The van der Waals surface area contributed by atoms with Gasteiger partial charge in [0.2, 0.25) is 0 Å². The molecule has 0 spiro atoms. The van der Waals surface area contributed by atoms with Gasteiger partial charge in [0, 0.05) is 27.6 Å². The van der Waals surface area contributed by atoms with Gasteiger partial charge >= 0.3 is 0 Å². The van der Waals surface area contributed by atoms with Gasteiger partial charge in [-0.05, 0) is 116 Å². The molecule has 2 heterocycles. The first-order valence-electron chi connectivity index (χ1n) is 17.4. The molecule has 0 bridgehead atoms. The maximum absolute atomic E-state index is 5.86. The summed E-state index contributed by atoms with van der Waals surface area (Å²) in [5.41, 5.74) is 12.0. The second-order valence-corrected chi connectivity index (χ2v) is 14.9. The first-order chi connectivity index (χ1) is 24.3. The fourth-order valence-corrected chi connectivity index (χ4v) is 8.92. The van der Waals surface area contributed by atoms with Crippen LogP contribution in [0.15, 0.2) is 133 Å². The second kappa shape index (κ2) is 10.1. The molecule has 9 aromatic rings. The number of hydrogen-bond donors (Lipinski definition) is 0. The predicted octanol–water partition coefficient (Wildman–Crippen LogP) is 11.7. The third-order valence-electron chi connectivity index (χ3n) is 11.3. The third-order valence-corrected chi connectivity index (χ3v) is 11.3. The highest BCUT2D eigenvalue weighted by molar-refractivity contribution is 6.25. The minimum absolute atomic E-state index is 0.00891. The summed E-state index contributed by atoms with van der Waals surface area (Å²) in [6.45, 7) is 6.92. The van der Waals surface area contributed by atoms with Gasteiger partial charge in [-0.3, -0.25) is 0 Å². The minimum atomic E-state index is -0.514. The number of benzene rings is 7. The van der Waals surface area contributed by atoms with Crippen LogP contribution in [0.3, 0.4) is 0 Å². The van der Waals surface area contributed by atoms with Crippen molar-refractivity contribution in [1.82, 2.24) is 4.40 Å². The van der Waals surface area contributed by atoms with Crippen LogP contribution >= 0.6 is 0 Å². The topological polar surface area (TPSA) is 22.9 Å². The van der Waals surface area contributed by atoms with Gasteiger partial charge in [-0.2, -0.15) is 0 Å². The van der Waals surface area contributed by atoms with Crippen molar-refractivity contribution in [2.75, 3.05) is 14.2 Å². The molecule has 0 radical (unpaired) electrons. The molecular weight excluding hydrogens is 611 g/mol. The summed E-state index contributed by atoms with van der Waals surface area (Å²) in [6.07, 6.45) is 0. The summed E-state index contributed by atoms with van der Waals surface area (Å²) in [6, 6.07) is 49.6. The van der Waals surface area contributed by atoms with Gasteiger partial charge in [0.15, 0.2) is 0 Å². The fraction of sp³-hybridized carbons (Fsp3) is 0.149. The Morgan fingerprint density at radius 1 is 0.500 bits per heavy atom. The molecule has 0 aliphatic heterocycles. The molecule has 0 amide bonds. The number of rotatable bonds is 4. The number of ether oxygens (including phenoxy) is 2. The third kappa shape index (κ3) is 3.75. The van der Waals surface area contributed by atoms with E-state index in [1.807, 2.05) is 0 Å². The molecule has 0 N–H and O–H groups in total. The highest BCUT2D eigenvalue weighted by Gasteiger charge is 2.46. The molecule has 0 atom stereocenters. The lowest BCUT2D eigenvalue weighted by atomic mass is 9.67. The van der Waals surface area contributed by atoms with E-state index < -0.39 is 5.41 Å². The van der Waals surface area contributed by atoms with E-state index in [-0.39, 0.29) is 5.41 Å². The zero-order chi connectivity index (χ0) is 33.9. The summed E-state index contributed by atoms with van der Waals surface area (Å²) in [5, 5.41) is 7.59. The molecule has 1 aliphatic carbocycles. The second-order valence-electron chi connectivity index (χ2n) is 14.9. The smallest absolute Gasteiger partial charge is 0.120 e. The quantitative estimate of drug-likeness (QED) is 0.190. The average molecular weight is 648 g/mol. The van der Waals surface area contributed by atoms with Crippen LogP contribution in [0, 0.1) is 0 Å². The molecule has 0 saturated carbocycles. The Balaban J connectivity index is 1.36. The van der Waals surface area contributed by atoms with Crippen LogP contribution in [0.2, 0.25) is 0 Å². The highest BCUT2D eigenvalue weighted by Crippen LogP contribution is 2.58. The number of methoxy groups -OCH3 is 2. The van der Waals surface area contributed by atoms with E-state index in [1.165, 1.54) is 87.8 Å². The standard InChI is InChI=1S/C47H37NO2/c1-46(2,3)32-24-39-36-19-17-34(50-5)27-44(36)48-43-23-29-22-41-37(20-28(29)21-38(43)40(25-32)45(39)48)35-18-16-33(49-4)26-42(35)47(41,30-12-8-6-9-13-30)31-14-10-7-11-15-31/h6-27H,1-5H3. The van der Waals surface area contributed by atoms with Crippen molar-refractivity contribution in [1.29, 1.82) is 0 Å². The largest absolute Gasteiger partial charge is 0.497 e. The normalized spacial score (nSPS) is 13.9.